The van der Waals surface area contributed by atoms with Crippen LogP contribution in [0.1, 0.15) is 16.1 Å². The average molecular weight is 278 g/mol. The maximum absolute atomic E-state index is 11.0. The lowest BCUT2D eigenvalue weighted by atomic mass is 10.2. The summed E-state index contributed by atoms with van der Waals surface area (Å²) in [5, 5.41) is 3.00. The van der Waals surface area contributed by atoms with Crippen molar-refractivity contribution in [2.75, 3.05) is 5.32 Å². The molecule has 0 spiro atoms. The smallest absolute Gasteiger partial charge is 0.248 e. The Bertz CT molecular complexity index is 859. The van der Waals surface area contributed by atoms with Crippen LogP contribution in [0, 0.1) is 12.3 Å². The van der Waals surface area contributed by atoms with Gasteiger partial charge in [0.1, 0.15) is 11.2 Å². The summed E-state index contributed by atoms with van der Waals surface area (Å²) in [4.78, 5) is 26.4. The van der Waals surface area contributed by atoms with Gasteiger partial charge in [0, 0.05) is 11.3 Å². The standard InChI is InChI=1S/C14H10N6O/c1-2-10-11-13(17-7-16-11)20-14(19-10)18-9-5-3-8(4-6-9)12(15)21/h1,3-7H,(H2,15,21)(H2,16,17,18,19,20). The van der Waals surface area contributed by atoms with Crippen LogP contribution in [-0.2, 0) is 0 Å². The van der Waals surface area contributed by atoms with Crippen LogP contribution in [-0.4, -0.2) is 25.8 Å². The van der Waals surface area contributed by atoms with Gasteiger partial charge in [0.15, 0.2) is 5.65 Å². The Hall–Kier alpha value is -3.40. The molecule has 1 aromatic carbocycles. The normalized spacial score (nSPS) is 10.2. The SMILES string of the molecule is C#Cc1nc(Nc2ccc(C(N)=O)cc2)nc2nc[nH]c12. The number of hydrogen-bond donors (Lipinski definition) is 3. The van der Waals surface area contributed by atoms with Crippen molar-refractivity contribution in [2.24, 2.45) is 5.73 Å². The third-order valence-electron chi connectivity index (χ3n) is 2.85. The summed E-state index contributed by atoms with van der Waals surface area (Å²) in [7, 11) is 0. The fourth-order valence-corrected chi connectivity index (χ4v) is 1.84. The summed E-state index contributed by atoms with van der Waals surface area (Å²) < 4.78 is 0. The molecule has 0 aliphatic heterocycles. The van der Waals surface area contributed by atoms with Crippen molar-refractivity contribution < 1.29 is 4.79 Å². The molecule has 2 aromatic heterocycles. The van der Waals surface area contributed by atoms with Crippen molar-refractivity contribution in [3.05, 3.63) is 41.9 Å². The van der Waals surface area contributed by atoms with Crippen molar-refractivity contribution in [1.82, 2.24) is 19.9 Å². The van der Waals surface area contributed by atoms with Crippen molar-refractivity contribution in [3.8, 4) is 12.3 Å². The molecule has 7 nitrogen and oxygen atoms in total. The van der Waals surface area contributed by atoms with Crippen LogP contribution >= 0.6 is 0 Å². The van der Waals surface area contributed by atoms with Gasteiger partial charge in [0.25, 0.3) is 0 Å². The number of H-pyrrole nitrogens is 1. The summed E-state index contributed by atoms with van der Waals surface area (Å²) in [6.07, 6.45) is 6.93. The summed E-state index contributed by atoms with van der Waals surface area (Å²) in [6.45, 7) is 0. The molecule has 2 heterocycles. The highest BCUT2D eigenvalue weighted by Gasteiger charge is 2.08. The third kappa shape index (κ3) is 2.37. The maximum atomic E-state index is 11.0. The average Bonchev–Trinajstić information content (AvgIpc) is 2.95. The molecular weight excluding hydrogens is 268 g/mol. The maximum Gasteiger partial charge on any atom is 0.248 e. The number of aromatic nitrogens is 4. The minimum Gasteiger partial charge on any atom is -0.366 e. The van der Waals surface area contributed by atoms with E-state index < -0.39 is 5.91 Å². The molecule has 21 heavy (non-hydrogen) atoms. The largest absolute Gasteiger partial charge is 0.366 e. The first kappa shape index (κ1) is 12.6. The molecule has 0 bridgehead atoms. The van der Waals surface area contributed by atoms with Gasteiger partial charge in [-0.25, -0.2) is 9.97 Å². The number of nitrogens with zero attached hydrogens (tertiary/aromatic N) is 3. The molecule has 102 valence electrons. The van der Waals surface area contributed by atoms with Crippen LogP contribution in [0.5, 0.6) is 0 Å². The number of hydrogen-bond acceptors (Lipinski definition) is 5. The molecular formula is C14H10N6O. The van der Waals surface area contributed by atoms with Crippen LogP contribution in [0.3, 0.4) is 0 Å². The molecule has 0 fully saturated rings. The number of aromatic amines is 1. The lowest BCUT2D eigenvalue weighted by Crippen LogP contribution is -2.10. The van der Waals surface area contributed by atoms with E-state index in [2.05, 4.69) is 31.2 Å². The number of primary amides is 1. The zero-order valence-corrected chi connectivity index (χ0v) is 10.8. The molecule has 0 aliphatic rings. The minimum absolute atomic E-state index is 0.328. The van der Waals surface area contributed by atoms with Gasteiger partial charge in [-0.1, -0.05) is 0 Å². The molecule has 4 N–H and O–H groups in total. The zero-order chi connectivity index (χ0) is 14.8. The van der Waals surface area contributed by atoms with Gasteiger partial charge in [0.2, 0.25) is 11.9 Å². The molecule has 7 heteroatoms. The van der Waals surface area contributed by atoms with Gasteiger partial charge in [-0.2, -0.15) is 4.98 Å². The quantitative estimate of drug-likeness (QED) is 0.623. The second-order valence-corrected chi connectivity index (χ2v) is 4.21. The number of fused-ring (bicyclic) bond motifs is 1. The van der Waals surface area contributed by atoms with E-state index in [9.17, 15) is 4.79 Å². The van der Waals surface area contributed by atoms with Gasteiger partial charge in [-0.15, -0.1) is 6.42 Å². The second kappa shape index (κ2) is 4.94. The second-order valence-electron chi connectivity index (χ2n) is 4.21. The Kier molecular flexibility index (Phi) is 2.97. The van der Waals surface area contributed by atoms with Gasteiger partial charge in [-0.3, -0.25) is 4.79 Å². The molecule has 1 amide bonds. The summed E-state index contributed by atoms with van der Waals surface area (Å²) >= 11 is 0. The molecule has 3 aromatic rings. The van der Waals surface area contributed by atoms with E-state index in [-0.39, 0.29) is 0 Å². The molecule has 0 atom stereocenters. The number of carbonyl (C=O) groups excluding carboxylic acids is 1. The number of terminal acetylenes is 1. The number of rotatable bonds is 3. The van der Waals surface area contributed by atoms with Gasteiger partial charge >= 0.3 is 0 Å². The molecule has 3 rings (SSSR count). The van der Waals surface area contributed by atoms with E-state index in [0.29, 0.717) is 34.1 Å². The first-order chi connectivity index (χ1) is 10.2. The number of imidazole rings is 1. The lowest BCUT2D eigenvalue weighted by Gasteiger charge is -2.05. The Morgan fingerprint density at radius 1 is 1.29 bits per heavy atom. The van der Waals surface area contributed by atoms with Crippen molar-refractivity contribution >= 4 is 28.7 Å². The number of nitrogens with one attached hydrogen (secondary N) is 2. The minimum atomic E-state index is -0.481. The molecule has 0 aliphatic carbocycles. The van der Waals surface area contributed by atoms with Crippen LogP contribution in [0.15, 0.2) is 30.6 Å². The predicted molar refractivity (Wildman–Crippen MR) is 77.9 cm³/mol. The van der Waals surface area contributed by atoms with Crippen molar-refractivity contribution in [1.29, 1.82) is 0 Å². The monoisotopic (exact) mass is 278 g/mol. The van der Waals surface area contributed by atoms with Crippen LogP contribution in [0.4, 0.5) is 11.6 Å². The summed E-state index contributed by atoms with van der Waals surface area (Å²) in [6, 6.07) is 6.63. The van der Waals surface area contributed by atoms with E-state index in [1.807, 2.05) is 0 Å². The number of anilines is 2. The summed E-state index contributed by atoms with van der Waals surface area (Å²) in [5.74, 6) is 2.33. The van der Waals surface area contributed by atoms with Gasteiger partial charge in [0.05, 0.1) is 6.33 Å². The Morgan fingerprint density at radius 2 is 2.05 bits per heavy atom. The van der Waals surface area contributed by atoms with Gasteiger partial charge in [-0.05, 0) is 30.2 Å². The fraction of sp³-hybridized carbons (Fsp3) is 0. The van der Waals surface area contributed by atoms with E-state index in [4.69, 9.17) is 12.2 Å². The van der Waals surface area contributed by atoms with Crippen molar-refractivity contribution in [3.63, 3.8) is 0 Å². The number of nitrogens with two attached hydrogens (primary N) is 1. The number of carbonyl (C=O) groups is 1. The molecule has 0 unspecified atom stereocenters. The van der Waals surface area contributed by atoms with Crippen LogP contribution < -0.4 is 11.1 Å². The van der Waals surface area contributed by atoms with E-state index in [0.717, 1.165) is 0 Å². The molecule has 0 saturated heterocycles. The first-order valence-corrected chi connectivity index (χ1v) is 6.02. The lowest BCUT2D eigenvalue weighted by molar-refractivity contribution is 0.100. The first-order valence-electron chi connectivity index (χ1n) is 6.02. The molecule has 0 radical (unpaired) electrons. The Morgan fingerprint density at radius 3 is 2.71 bits per heavy atom. The van der Waals surface area contributed by atoms with Crippen molar-refractivity contribution in [2.45, 2.75) is 0 Å². The van der Waals surface area contributed by atoms with Crippen LogP contribution in [0.2, 0.25) is 0 Å². The van der Waals surface area contributed by atoms with E-state index in [1.165, 1.54) is 6.33 Å². The topological polar surface area (TPSA) is 110 Å². The Balaban J connectivity index is 1.94. The Labute approximate surface area is 119 Å². The van der Waals surface area contributed by atoms with Crippen LogP contribution in [0.25, 0.3) is 11.2 Å². The molecule has 0 saturated carbocycles. The van der Waals surface area contributed by atoms with E-state index >= 15 is 0 Å². The zero-order valence-electron chi connectivity index (χ0n) is 10.8. The summed E-state index contributed by atoms with van der Waals surface area (Å²) in [5.41, 5.74) is 7.84. The highest BCUT2D eigenvalue weighted by Crippen LogP contribution is 2.17. The highest BCUT2D eigenvalue weighted by atomic mass is 16.1. The third-order valence-corrected chi connectivity index (χ3v) is 2.85. The number of benzene rings is 1. The predicted octanol–water partition coefficient (Wildman–Crippen LogP) is 1.18. The van der Waals surface area contributed by atoms with E-state index in [1.54, 1.807) is 24.3 Å². The fourth-order valence-electron chi connectivity index (χ4n) is 1.84. The van der Waals surface area contributed by atoms with Gasteiger partial charge < -0.3 is 16.0 Å². The highest BCUT2D eigenvalue weighted by molar-refractivity contribution is 5.93. The number of amides is 1.